The van der Waals surface area contributed by atoms with Crippen LogP contribution in [0.25, 0.3) is 0 Å². The van der Waals surface area contributed by atoms with Crippen LogP contribution in [0.2, 0.25) is 0 Å². The van der Waals surface area contributed by atoms with Crippen LogP contribution in [0.4, 0.5) is 0 Å². The first kappa shape index (κ1) is 12.2. The fraction of sp³-hybridized carbons (Fsp3) is 0.571. The highest BCUT2D eigenvalue weighted by atomic mass is 16.5. The Morgan fingerprint density at radius 2 is 2.29 bits per heavy atom. The lowest BCUT2D eigenvalue weighted by atomic mass is 10.0. The molecule has 1 aromatic rings. The van der Waals surface area contributed by atoms with E-state index in [1.54, 1.807) is 12.1 Å². The van der Waals surface area contributed by atoms with Crippen molar-refractivity contribution in [1.82, 2.24) is 5.32 Å². The van der Waals surface area contributed by atoms with Crippen molar-refractivity contribution in [1.29, 1.82) is 0 Å². The minimum atomic E-state index is 0.225. The van der Waals surface area contributed by atoms with Gasteiger partial charge in [0.05, 0.1) is 0 Å². The highest BCUT2D eigenvalue weighted by Crippen LogP contribution is 2.30. The van der Waals surface area contributed by atoms with Gasteiger partial charge in [0.15, 0.2) is 0 Å². The Morgan fingerprint density at radius 1 is 1.47 bits per heavy atom. The zero-order valence-electron chi connectivity index (χ0n) is 10.6. The summed E-state index contributed by atoms with van der Waals surface area (Å²) in [6.45, 7) is 6.30. The number of rotatable bonds is 4. The molecular weight excluding hydrogens is 214 g/mol. The second-order valence-electron chi connectivity index (χ2n) is 5.12. The predicted molar refractivity (Wildman–Crippen MR) is 68.6 cm³/mol. The van der Waals surface area contributed by atoms with E-state index in [9.17, 15) is 5.11 Å². The molecule has 0 saturated heterocycles. The number of nitrogens with one attached hydrogen (secondary N) is 1. The minimum absolute atomic E-state index is 0.225. The second-order valence-corrected chi connectivity index (χ2v) is 5.12. The molecule has 3 nitrogen and oxygen atoms in total. The van der Waals surface area contributed by atoms with Crippen LogP contribution in [0, 0.1) is 5.92 Å². The molecule has 0 bridgehead atoms. The van der Waals surface area contributed by atoms with Crippen LogP contribution in [0.5, 0.6) is 11.5 Å². The molecule has 2 rings (SSSR count). The number of aromatic hydroxyl groups is 1. The van der Waals surface area contributed by atoms with Crippen LogP contribution in [-0.2, 0) is 6.42 Å². The number of phenolic OH excluding ortho intramolecular Hbond substituents is 1. The van der Waals surface area contributed by atoms with Gasteiger partial charge in [0.2, 0.25) is 0 Å². The topological polar surface area (TPSA) is 41.5 Å². The third kappa shape index (κ3) is 3.37. The van der Waals surface area contributed by atoms with Gasteiger partial charge in [-0.3, -0.25) is 0 Å². The van der Waals surface area contributed by atoms with Crippen LogP contribution in [0.15, 0.2) is 18.2 Å². The molecule has 17 heavy (non-hydrogen) atoms. The first-order chi connectivity index (χ1) is 8.15. The van der Waals surface area contributed by atoms with E-state index >= 15 is 0 Å². The summed E-state index contributed by atoms with van der Waals surface area (Å²) in [7, 11) is 0. The lowest BCUT2D eigenvalue weighted by molar-refractivity contribution is 0.169. The van der Waals surface area contributed by atoms with E-state index < -0.39 is 0 Å². The lowest BCUT2D eigenvalue weighted by Gasteiger charge is -2.26. The largest absolute Gasteiger partial charge is 0.508 e. The zero-order valence-corrected chi connectivity index (χ0v) is 10.6. The second kappa shape index (κ2) is 5.41. The van der Waals surface area contributed by atoms with E-state index in [-0.39, 0.29) is 11.9 Å². The smallest absolute Gasteiger partial charge is 0.126 e. The molecule has 1 heterocycles. The van der Waals surface area contributed by atoms with Crippen molar-refractivity contribution in [3.8, 4) is 11.5 Å². The van der Waals surface area contributed by atoms with Gasteiger partial charge in [-0.05, 0) is 36.9 Å². The molecule has 0 amide bonds. The van der Waals surface area contributed by atoms with Gasteiger partial charge in [0.25, 0.3) is 0 Å². The third-order valence-corrected chi connectivity index (χ3v) is 3.00. The average molecular weight is 235 g/mol. The first-order valence-corrected chi connectivity index (χ1v) is 6.34. The van der Waals surface area contributed by atoms with Gasteiger partial charge in [-0.2, -0.15) is 0 Å². The molecule has 0 spiro atoms. The SMILES string of the molecule is CC(C)CNC[C@H]1CCc2ccc(O)cc2O1. The molecule has 3 heteroatoms. The van der Waals surface area contributed by atoms with Crippen LogP contribution >= 0.6 is 0 Å². The Hall–Kier alpha value is -1.22. The normalized spacial score (nSPS) is 18.9. The number of hydrogen-bond donors (Lipinski definition) is 2. The molecule has 0 radical (unpaired) electrons. The standard InChI is InChI=1S/C14H21NO2/c1-10(2)8-15-9-13-6-4-11-3-5-12(16)7-14(11)17-13/h3,5,7,10,13,15-16H,4,6,8-9H2,1-2H3/t13-/m1/s1. The van der Waals surface area contributed by atoms with Crippen molar-refractivity contribution in [3.05, 3.63) is 23.8 Å². The molecule has 1 aliphatic rings. The maximum atomic E-state index is 9.43. The number of ether oxygens (including phenoxy) is 1. The van der Waals surface area contributed by atoms with Crippen molar-refractivity contribution in [2.45, 2.75) is 32.8 Å². The summed E-state index contributed by atoms with van der Waals surface area (Å²) in [6, 6.07) is 5.38. The van der Waals surface area contributed by atoms with Gasteiger partial charge < -0.3 is 15.2 Å². The summed E-state index contributed by atoms with van der Waals surface area (Å²) >= 11 is 0. The molecule has 1 aromatic carbocycles. The fourth-order valence-electron chi connectivity index (χ4n) is 2.09. The number of fused-ring (bicyclic) bond motifs is 1. The van der Waals surface area contributed by atoms with Gasteiger partial charge in [-0.15, -0.1) is 0 Å². The lowest BCUT2D eigenvalue weighted by Crippen LogP contribution is -2.35. The monoisotopic (exact) mass is 235 g/mol. The van der Waals surface area contributed by atoms with Gasteiger partial charge in [0.1, 0.15) is 17.6 Å². The van der Waals surface area contributed by atoms with Gasteiger partial charge in [-0.1, -0.05) is 19.9 Å². The molecular formula is C14H21NO2. The van der Waals surface area contributed by atoms with Crippen LogP contribution < -0.4 is 10.1 Å². The summed E-state index contributed by atoms with van der Waals surface area (Å²) in [5, 5.41) is 12.8. The first-order valence-electron chi connectivity index (χ1n) is 6.34. The van der Waals surface area contributed by atoms with Crippen LogP contribution in [0.1, 0.15) is 25.8 Å². The Kier molecular flexibility index (Phi) is 3.89. The van der Waals surface area contributed by atoms with Gasteiger partial charge in [-0.25, -0.2) is 0 Å². The zero-order chi connectivity index (χ0) is 12.3. The molecule has 94 valence electrons. The van der Waals surface area contributed by atoms with Crippen molar-refractivity contribution in [2.24, 2.45) is 5.92 Å². The number of benzene rings is 1. The number of hydrogen-bond acceptors (Lipinski definition) is 3. The van der Waals surface area contributed by atoms with E-state index in [1.807, 2.05) is 6.07 Å². The van der Waals surface area contributed by atoms with Crippen LogP contribution in [0.3, 0.4) is 0 Å². The predicted octanol–water partition coefficient (Wildman–Crippen LogP) is 2.33. The van der Waals surface area contributed by atoms with Crippen molar-refractivity contribution in [3.63, 3.8) is 0 Å². The van der Waals surface area contributed by atoms with E-state index in [2.05, 4.69) is 19.2 Å². The Labute approximate surface area is 103 Å². The summed E-state index contributed by atoms with van der Waals surface area (Å²) in [5.74, 6) is 1.78. The molecule has 0 aromatic heterocycles. The van der Waals surface area contributed by atoms with E-state index in [4.69, 9.17) is 4.74 Å². The minimum Gasteiger partial charge on any atom is -0.508 e. The maximum Gasteiger partial charge on any atom is 0.126 e. The maximum absolute atomic E-state index is 9.43. The van der Waals surface area contributed by atoms with E-state index in [0.29, 0.717) is 5.92 Å². The summed E-state index contributed by atoms with van der Waals surface area (Å²) in [4.78, 5) is 0. The molecule has 0 unspecified atom stereocenters. The number of aryl methyl sites for hydroxylation is 1. The number of phenols is 1. The molecule has 1 atom stereocenters. The van der Waals surface area contributed by atoms with Gasteiger partial charge >= 0.3 is 0 Å². The summed E-state index contributed by atoms with van der Waals surface area (Å²) in [6.07, 6.45) is 2.30. The van der Waals surface area contributed by atoms with E-state index in [1.165, 1.54) is 5.56 Å². The van der Waals surface area contributed by atoms with Crippen molar-refractivity contribution < 1.29 is 9.84 Å². The quantitative estimate of drug-likeness (QED) is 0.841. The fourth-order valence-corrected chi connectivity index (χ4v) is 2.09. The molecule has 1 aliphatic heterocycles. The van der Waals surface area contributed by atoms with E-state index in [0.717, 1.165) is 31.7 Å². The summed E-state index contributed by atoms with van der Waals surface area (Å²) in [5.41, 5.74) is 1.20. The Balaban J connectivity index is 1.89. The molecule has 0 fully saturated rings. The third-order valence-electron chi connectivity index (χ3n) is 3.00. The van der Waals surface area contributed by atoms with Crippen molar-refractivity contribution in [2.75, 3.05) is 13.1 Å². The van der Waals surface area contributed by atoms with Crippen molar-refractivity contribution >= 4 is 0 Å². The molecule has 0 aliphatic carbocycles. The van der Waals surface area contributed by atoms with Crippen LogP contribution in [-0.4, -0.2) is 24.3 Å². The summed E-state index contributed by atoms with van der Waals surface area (Å²) < 4.78 is 5.87. The molecule has 2 N–H and O–H groups in total. The Bertz CT molecular complexity index is 376. The van der Waals surface area contributed by atoms with Gasteiger partial charge in [0, 0.05) is 12.6 Å². The molecule has 0 saturated carbocycles. The highest BCUT2D eigenvalue weighted by Gasteiger charge is 2.19. The Morgan fingerprint density at radius 3 is 3.06 bits per heavy atom. The average Bonchev–Trinajstić information content (AvgIpc) is 2.28. The highest BCUT2D eigenvalue weighted by molar-refractivity contribution is 5.41.